The Kier molecular flexibility index (Phi) is 4.88. The lowest BCUT2D eigenvalue weighted by Crippen LogP contribution is -2.28. The Bertz CT molecular complexity index is 1300. The summed E-state index contributed by atoms with van der Waals surface area (Å²) < 4.78 is 1.75. The highest BCUT2D eigenvalue weighted by Crippen LogP contribution is 2.08. The van der Waals surface area contributed by atoms with E-state index in [9.17, 15) is 9.59 Å². The summed E-state index contributed by atoms with van der Waals surface area (Å²) in [6.45, 7) is 4.11. The third kappa shape index (κ3) is 3.64. The molecule has 0 fully saturated rings. The minimum atomic E-state index is -0.388. The molecule has 0 aliphatic heterocycles. The van der Waals surface area contributed by atoms with Gasteiger partial charge in [0.05, 0.1) is 4.53 Å². The van der Waals surface area contributed by atoms with Crippen molar-refractivity contribution in [3.63, 3.8) is 0 Å². The van der Waals surface area contributed by atoms with Crippen molar-refractivity contribution in [2.45, 2.75) is 26.7 Å². The molecule has 0 aliphatic carbocycles. The van der Waals surface area contributed by atoms with Crippen molar-refractivity contribution < 1.29 is 0 Å². The first-order valence-corrected chi connectivity index (χ1v) is 9.94. The van der Waals surface area contributed by atoms with Crippen LogP contribution in [0.3, 0.4) is 0 Å². The highest BCUT2D eigenvalue weighted by molar-refractivity contribution is 7.15. The summed E-state index contributed by atoms with van der Waals surface area (Å²) in [4.78, 5) is 29.5. The Balaban J connectivity index is 1.76. The monoisotopic (exact) mass is 389 g/mol. The van der Waals surface area contributed by atoms with Gasteiger partial charge in [0, 0.05) is 6.42 Å². The molecule has 0 saturated carbocycles. The van der Waals surface area contributed by atoms with Gasteiger partial charge in [-0.2, -0.15) is 14.6 Å². The number of fused-ring (bicyclic) bond motifs is 1. The van der Waals surface area contributed by atoms with Crippen LogP contribution >= 0.6 is 11.3 Å². The number of thiazole rings is 1. The molecule has 0 bridgehead atoms. The van der Waals surface area contributed by atoms with Crippen molar-refractivity contribution in [2.24, 2.45) is 0 Å². The Labute approximate surface area is 165 Å². The van der Waals surface area contributed by atoms with Gasteiger partial charge >= 0.3 is 0 Å². The molecule has 0 atom stereocenters. The number of hydrogen-bond acceptors (Lipinski definition) is 5. The van der Waals surface area contributed by atoms with Gasteiger partial charge in [0.2, 0.25) is 4.96 Å². The SMILES string of the molecule is CCc1ccc(/C=c2\sc3nc(=O)c(Cc4ccc(C)cc4)nn3c2=O)cc1. The summed E-state index contributed by atoms with van der Waals surface area (Å²) in [6, 6.07) is 15.9. The molecule has 0 saturated heterocycles. The van der Waals surface area contributed by atoms with Gasteiger partial charge in [0.15, 0.2) is 0 Å². The van der Waals surface area contributed by atoms with Gasteiger partial charge in [-0.3, -0.25) is 9.59 Å². The second kappa shape index (κ2) is 7.48. The quantitative estimate of drug-likeness (QED) is 0.538. The molecule has 2 aromatic heterocycles. The van der Waals surface area contributed by atoms with Gasteiger partial charge in [0.25, 0.3) is 11.1 Å². The van der Waals surface area contributed by atoms with E-state index in [2.05, 4.69) is 17.0 Å². The summed E-state index contributed by atoms with van der Waals surface area (Å²) >= 11 is 1.18. The fourth-order valence-electron chi connectivity index (χ4n) is 2.95. The van der Waals surface area contributed by atoms with Crippen molar-refractivity contribution in [1.29, 1.82) is 0 Å². The largest absolute Gasteiger partial charge is 0.296 e. The van der Waals surface area contributed by atoms with Crippen LogP contribution in [0.5, 0.6) is 0 Å². The highest BCUT2D eigenvalue weighted by atomic mass is 32.1. The third-order valence-corrected chi connectivity index (χ3v) is 5.59. The molecule has 6 heteroatoms. The van der Waals surface area contributed by atoms with Crippen LogP contribution in [0.4, 0.5) is 0 Å². The molecule has 2 heterocycles. The Morgan fingerprint density at radius 2 is 1.68 bits per heavy atom. The predicted molar refractivity (Wildman–Crippen MR) is 112 cm³/mol. The summed E-state index contributed by atoms with van der Waals surface area (Å²) in [6.07, 6.45) is 3.13. The lowest BCUT2D eigenvalue weighted by Gasteiger charge is -2.01. The maximum absolute atomic E-state index is 12.8. The van der Waals surface area contributed by atoms with Gasteiger partial charge in [0.1, 0.15) is 5.69 Å². The molecule has 0 unspecified atom stereocenters. The van der Waals surface area contributed by atoms with E-state index in [4.69, 9.17) is 0 Å². The zero-order valence-corrected chi connectivity index (χ0v) is 16.5. The van der Waals surface area contributed by atoms with Crippen molar-refractivity contribution in [2.75, 3.05) is 0 Å². The molecule has 0 amide bonds. The summed E-state index contributed by atoms with van der Waals surface area (Å²) in [5.74, 6) is 0. The Morgan fingerprint density at radius 1 is 1.00 bits per heavy atom. The van der Waals surface area contributed by atoms with Crippen molar-refractivity contribution in [3.05, 3.63) is 102 Å². The average Bonchev–Trinajstić information content (AvgIpc) is 2.99. The first-order chi connectivity index (χ1) is 13.5. The van der Waals surface area contributed by atoms with Crippen molar-refractivity contribution >= 4 is 22.4 Å². The molecule has 2 aromatic carbocycles. The Morgan fingerprint density at radius 3 is 2.36 bits per heavy atom. The lowest BCUT2D eigenvalue weighted by molar-refractivity contribution is 0.811. The Hall–Kier alpha value is -3.12. The van der Waals surface area contributed by atoms with E-state index in [1.54, 1.807) is 0 Å². The molecule has 140 valence electrons. The van der Waals surface area contributed by atoms with Gasteiger partial charge in [-0.15, -0.1) is 0 Å². The third-order valence-electron chi connectivity index (χ3n) is 4.63. The van der Waals surface area contributed by atoms with Crippen molar-refractivity contribution in [1.82, 2.24) is 14.6 Å². The number of aryl methyl sites for hydroxylation is 2. The fraction of sp³-hybridized carbons (Fsp3) is 0.182. The highest BCUT2D eigenvalue weighted by Gasteiger charge is 2.11. The lowest BCUT2D eigenvalue weighted by atomic mass is 10.1. The number of aromatic nitrogens is 3. The number of nitrogens with zero attached hydrogens (tertiary/aromatic N) is 3. The zero-order chi connectivity index (χ0) is 19.7. The van der Waals surface area contributed by atoms with Gasteiger partial charge in [-0.1, -0.05) is 72.4 Å². The first-order valence-electron chi connectivity index (χ1n) is 9.12. The molecule has 0 N–H and O–H groups in total. The number of benzene rings is 2. The number of rotatable bonds is 4. The van der Waals surface area contributed by atoms with E-state index in [1.807, 2.05) is 61.5 Å². The van der Waals surface area contributed by atoms with Crippen LogP contribution in [0, 0.1) is 6.92 Å². The molecule has 0 aliphatic rings. The van der Waals surface area contributed by atoms with E-state index in [0.717, 1.165) is 23.1 Å². The molecule has 5 nitrogen and oxygen atoms in total. The molecular formula is C22H19N3O2S. The molecule has 4 rings (SSSR count). The topological polar surface area (TPSA) is 64.3 Å². The molecule has 4 aromatic rings. The summed E-state index contributed by atoms with van der Waals surface area (Å²) in [5, 5.41) is 4.30. The molecule has 28 heavy (non-hydrogen) atoms. The maximum Gasteiger partial charge on any atom is 0.296 e. The van der Waals surface area contributed by atoms with Gasteiger partial charge in [-0.25, -0.2) is 0 Å². The molecular weight excluding hydrogens is 370 g/mol. The normalized spacial score (nSPS) is 12.0. The van der Waals surface area contributed by atoms with Crippen LogP contribution in [-0.4, -0.2) is 14.6 Å². The molecule has 0 spiro atoms. The minimum absolute atomic E-state index is 0.253. The number of hydrogen-bond donors (Lipinski definition) is 0. The zero-order valence-electron chi connectivity index (χ0n) is 15.7. The van der Waals surface area contributed by atoms with Crippen LogP contribution in [0.25, 0.3) is 11.0 Å². The van der Waals surface area contributed by atoms with Gasteiger partial charge in [-0.05, 0) is 36.1 Å². The van der Waals surface area contributed by atoms with E-state index >= 15 is 0 Å². The van der Waals surface area contributed by atoms with Crippen LogP contribution < -0.4 is 15.7 Å². The maximum atomic E-state index is 12.8. The van der Waals surface area contributed by atoms with E-state index < -0.39 is 0 Å². The molecule has 0 radical (unpaired) electrons. The minimum Gasteiger partial charge on any atom is -0.266 e. The second-order valence-electron chi connectivity index (χ2n) is 6.73. The van der Waals surface area contributed by atoms with E-state index in [-0.39, 0.29) is 16.8 Å². The van der Waals surface area contributed by atoms with E-state index in [1.165, 1.54) is 21.4 Å². The standard InChI is InChI=1S/C22H19N3O2S/c1-3-15-8-10-17(11-9-15)13-19-21(27)25-22(28-19)23-20(26)18(24-25)12-16-6-4-14(2)5-7-16/h4-11,13H,3,12H2,1-2H3/b19-13-. The predicted octanol–water partition coefficient (Wildman–Crippen LogP) is 2.52. The van der Waals surface area contributed by atoms with Crippen molar-refractivity contribution in [3.8, 4) is 0 Å². The van der Waals surface area contributed by atoms with Gasteiger partial charge < -0.3 is 0 Å². The smallest absolute Gasteiger partial charge is 0.266 e. The fourth-order valence-corrected chi connectivity index (χ4v) is 3.86. The first kappa shape index (κ1) is 18.3. The van der Waals surface area contributed by atoms with Crippen LogP contribution in [0.1, 0.15) is 34.9 Å². The van der Waals surface area contributed by atoms with Crippen LogP contribution in [0.2, 0.25) is 0 Å². The average molecular weight is 389 g/mol. The van der Waals surface area contributed by atoms with Crippen LogP contribution in [0.15, 0.2) is 58.1 Å². The van der Waals surface area contributed by atoms with Crippen LogP contribution in [-0.2, 0) is 12.8 Å². The second-order valence-corrected chi connectivity index (χ2v) is 7.74. The summed E-state index contributed by atoms with van der Waals surface area (Å²) in [5.41, 5.74) is 3.92. The summed E-state index contributed by atoms with van der Waals surface area (Å²) in [7, 11) is 0. The van der Waals surface area contributed by atoms with E-state index in [0.29, 0.717) is 15.9 Å².